The fraction of sp³-hybridized carbons (Fsp3) is 0.0556. The molecule has 0 spiro atoms. The van der Waals surface area contributed by atoms with Crippen LogP contribution in [0.25, 0.3) is 0 Å². The Hall–Kier alpha value is -2.90. The Balaban J connectivity index is 1.84. The minimum atomic E-state index is -0.480. The maximum Gasteiger partial charge on any atom is 0.269 e. The van der Waals surface area contributed by atoms with E-state index in [2.05, 4.69) is 22.7 Å². The van der Waals surface area contributed by atoms with Crippen molar-refractivity contribution >= 4 is 40.7 Å². The molecule has 0 aliphatic heterocycles. The number of carbonyl (C=O) groups excluding carboxylic acids is 2. The van der Waals surface area contributed by atoms with E-state index >= 15 is 0 Å². The highest BCUT2D eigenvalue weighted by Gasteiger charge is 2.12. The molecule has 6 nitrogen and oxygen atoms in total. The number of amides is 2. The third kappa shape index (κ3) is 5.58. The summed E-state index contributed by atoms with van der Waals surface area (Å²) in [6.45, 7) is 3.94. The number of ether oxygens (including phenoxy) is 1. The third-order valence-electron chi connectivity index (χ3n) is 3.12. The van der Waals surface area contributed by atoms with E-state index in [-0.39, 0.29) is 10.7 Å². The van der Waals surface area contributed by atoms with Gasteiger partial charge in [-0.25, -0.2) is 0 Å². The van der Waals surface area contributed by atoms with Gasteiger partial charge in [0, 0.05) is 5.56 Å². The van der Waals surface area contributed by atoms with E-state index in [1.165, 1.54) is 0 Å². The summed E-state index contributed by atoms with van der Waals surface area (Å²) in [5.41, 5.74) is 5.53. The molecule has 26 heavy (non-hydrogen) atoms. The van der Waals surface area contributed by atoms with Crippen molar-refractivity contribution < 1.29 is 14.3 Å². The van der Waals surface area contributed by atoms with Gasteiger partial charge in [0.2, 0.25) is 0 Å². The summed E-state index contributed by atoms with van der Waals surface area (Å²) >= 11 is 10.9. The molecule has 8 heteroatoms. The number of hydrogen-bond acceptors (Lipinski definition) is 4. The molecule has 2 rings (SSSR count). The summed E-state index contributed by atoms with van der Waals surface area (Å²) in [5, 5.41) is 2.67. The monoisotopic (exact) mass is 389 g/mol. The lowest BCUT2D eigenvalue weighted by molar-refractivity contribution is 0.0934. The van der Waals surface area contributed by atoms with Crippen molar-refractivity contribution in [3.63, 3.8) is 0 Å². The van der Waals surface area contributed by atoms with Crippen LogP contribution >= 0.6 is 23.8 Å². The molecule has 0 radical (unpaired) electrons. The van der Waals surface area contributed by atoms with Crippen LogP contribution in [0, 0.1) is 0 Å². The fourth-order valence-corrected chi connectivity index (χ4v) is 2.26. The van der Waals surface area contributed by atoms with Crippen molar-refractivity contribution in [2.45, 2.75) is 0 Å². The second-order valence-electron chi connectivity index (χ2n) is 4.97. The Kier molecular flexibility index (Phi) is 7.13. The van der Waals surface area contributed by atoms with Crippen molar-refractivity contribution in [2.75, 3.05) is 6.61 Å². The van der Waals surface area contributed by atoms with Crippen LogP contribution < -0.4 is 20.9 Å². The maximum absolute atomic E-state index is 12.1. The van der Waals surface area contributed by atoms with E-state index in [1.807, 2.05) is 0 Å². The molecule has 0 saturated heterocycles. The number of benzene rings is 2. The number of hydrazine groups is 1. The lowest BCUT2D eigenvalue weighted by atomic mass is 10.2. The van der Waals surface area contributed by atoms with Gasteiger partial charge in [-0.05, 0) is 48.6 Å². The number of hydrogen-bond donors (Lipinski definition) is 3. The van der Waals surface area contributed by atoms with Gasteiger partial charge in [0.25, 0.3) is 11.8 Å². The average molecular weight is 390 g/mol. The SMILES string of the molecule is C=CCOc1ccc(C(=O)NNC(=S)NC(=O)c2ccccc2Cl)cc1. The van der Waals surface area contributed by atoms with Crippen LogP contribution in [-0.2, 0) is 0 Å². The minimum Gasteiger partial charge on any atom is -0.490 e. The van der Waals surface area contributed by atoms with E-state index in [0.717, 1.165) is 0 Å². The highest BCUT2D eigenvalue weighted by atomic mass is 35.5. The second-order valence-corrected chi connectivity index (χ2v) is 5.78. The quantitative estimate of drug-likeness (QED) is 0.416. The third-order valence-corrected chi connectivity index (χ3v) is 3.65. The van der Waals surface area contributed by atoms with Gasteiger partial charge in [0.05, 0.1) is 10.6 Å². The van der Waals surface area contributed by atoms with Gasteiger partial charge in [0.15, 0.2) is 5.11 Å². The van der Waals surface area contributed by atoms with Crippen molar-refractivity contribution in [1.82, 2.24) is 16.2 Å². The molecule has 134 valence electrons. The molecule has 3 N–H and O–H groups in total. The van der Waals surface area contributed by atoms with Crippen LogP contribution in [0.15, 0.2) is 61.2 Å². The van der Waals surface area contributed by atoms with Crippen molar-refractivity contribution in [2.24, 2.45) is 0 Å². The standard InChI is InChI=1S/C18H16ClN3O3S/c1-2-11-25-13-9-7-12(8-10-13)16(23)21-22-18(26)20-17(24)14-5-3-4-6-15(14)19/h2-10H,1,11H2,(H,21,23)(H2,20,22,24,26). The van der Waals surface area contributed by atoms with E-state index in [9.17, 15) is 9.59 Å². The van der Waals surface area contributed by atoms with Gasteiger partial charge < -0.3 is 4.74 Å². The van der Waals surface area contributed by atoms with Gasteiger partial charge in [-0.1, -0.05) is 36.4 Å². The van der Waals surface area contributed by atoms with Gasteiger partial charge in [-0.3, -0.25) is 25.8 Å². The Labute approximate surface area is 161 Å². The van der Waals surface area contributed by atoms with E-state index in [0.29, 0.717) is 22.9 Å². The normalized spacial score (nSPS) is 9.73. The molecule has 0 bridgehead atoms. The minimum absolute atomic E-state index is 0.0609. The summed E-state index contributed by atoms with van der Waals surface area (Å²) in [5.74, 6) is -0.280. The first-order chi connectivity index (χ1) is 12.5. The van der Waals surface area contributed by atoms with Gasteiger partial charge >= 0.3 is 0 Å². The average Bonchev–Trinajstić information content (AvgIpc) is 2.65. The molecular weight excluding hydrogens is 374 g/mol. The molecule has 0 atom stereocenters. The summed E-state index contributed by atoms with van der Waals surface area (Å²) in [6.07, 6.45) is 1.63. The molecule has 0 saturated carbocycles. The molecule has 2 amide bonds. The Morgan fingerprint density at radius 3 is 2.42 bits per heavy atom. The fourth-order valence-electron chi connectivity index (χ4n) is 1.89. The van der Waals surface area contributed by atoms with Crippen molar-refractivity contribution in [3.8, 4) is 5.75 Å². The smallest absolute Gasteiger partial charge is 0.269 e. The van der Waals surface area contributed by atoms with Crippen LogP contribution in [0.1, 0.15) is 20.7 Å². The second kappa shape index (κ2) is 9.55. The van der Waals surface area contributed by atoms with Crippen LogP contribution in [0.3, 0.4) is 0 Å². The number of halogens is 1. The summed E-state index contributed by atoms with van der Waals surface area (Å²) in [7, 11) is 0. The van der Waals surface area contributed by atoms with Crippen LogP contribution in [0.5, 0.6) is 5.75 Å². The molecule has 0 fully saturated rings. The molecule has 0 aliphatic carbocycles. The Morgan fingerprint density at radius 1 is 1.08 bits per heavy atom. The zero-order valence-corrected chi connectivity index (χ0v) is 15.2. The Bertz CT molecular complexity index is 825. The Morgan fingerprint density at radius 2 is 1.77 bits per heavy atom. The first kappa shape index (κ1) is 19.4. The van der Waals surface area contributed by atoms with Crippen LogP contribution in [0.2, 0.25) is 5.02 Å². The lowest BCUT2D eigenvalue weighted by Crippen LogP contribution is -2.48. The summed E-state index contributed by atoms with van der Waals surface area (Å²) in [4.78, 5) is 24.1. The summed E-state index contributed by atoms with van der Waals surface area (Å²) < 4.78 is 5.34. The molecule has 2 aromatic carbocycles. The van der Waals surface area contributed by atoms with Gasteiger partial charge in [-0.2, -0.15) is 0 Å². The first-order valence-electron chi connectivity index (χ1n) is 7.51. The number of thiocarbonyl (C=S) groups is 1. The molecule has 2 aromatic rings. The topological polar surface area (TPSA) is 79.5 Å². The molecule has 0 heterocycles. The predicted molar refractivity (Wildman–Crippen MR) is 104 cm³/mol. The first-order valence-corrected chi connectivity index (χ1v) is 8.30. The molecule has 0 unspecified atom stereocenters. The highest BCUT2D eigenvalue weighted by molar-refractivity contribution is 7.80. The number of rotatable bonds is 5. The largest absolute Gasteiger partial charge is 0.490 e. The van der Waals surface area contributed by atoms with E-state index < -0.39 is 11.8 Å². The highest BCUT2D eigenvalue weighted by Crippen LogP contribution is 2.14. The predicted octanol–water partition coefficient (Wildman–Crippen LogP) is 2.85. The molecular formula is C18H16ClN3O3S. The van der Waals surface area contributed by atoms with Gasteiger partial charge in [-0.15, -0.1) is 0 Å². The van der Waals surface area contributed by atoms with E-state index in [1.54, 1.807) is 54.6 Å². The van der Waals surface area contributed by atoms with Crippen LogP contribution in [0.4, 0.5) is 0 Å². The van der Waals surface area contributed by atoms with Gasteiger partial charge in [0.1, 0.15) is 12.4 Å². The number of nitrogens with one attached hydrogen (secondary N) is 3. The zero-order chi connectivity index (χ0) is 18.9. The van der Waals surface area contributed by atoms with Crippen molar-refractivity contribution in [1.29, 1.82) is 0 Å². The molecule has 0 aliphatic rings. The number of carbonyl (C=O) groups is 2. The summed E-state index contributed by atoms with van der Waals surface area (Å²) in [6, 6.07) is 13.1. The lowest BCUT2D eigenvalue weighted by Gasteiger charge is -2.11. The van der Waals surface area contributed by atoms with Crippen molar-refractivity contribution in [3.05, 3.63) is 77.3 Å². The molecule has 0 aromatic heterocycles. The van der Waals surface area contributed by atoms with E-state index in [4.69, 9.17) is 28.6 Å². The zero-order valence-electron chi connectivity index (χ0n) is 13.6. The van der Waals surface area contributed by atoms with Crippen LogP contribution in [-0.4, -0.2) is 23.5 Å². The maximum atomic E-state index is 12.1.